The predicted octanol–water partition coefficient (Wildman–Crippen LogP) is 0.718. The molecule has 0 spiro atoms. The van der Waals surface area contributed by atoms with E-state index in [0.717, 1.165) is 0 Å². The summed E-state index contributed by atoms with van der Waals surface area (Å²) in [5.74, 6) is 0.154. The largest absolute Gasteiger partial charge is 0.465 e. The number of carbonyl (C=O) groups is 1. The third-order valence-electron chi connectivity index (χ3n) is 1.67. The van der Waals surface area contributed by atoms with E-state index in [9.17, 15) is 4.79 Å². The zero-order chi connectivity index (χ0) is 10.6. The van der Waals surface area contributed by atoms with Gasteiger partial charge >= 0.3 is 5.97 Å². The van der Waals surface area contributed by atoms with Crippen LogP contribution in [0, 0.1) is 6.92 Å². The van der Waals surface area contributed by atoms with Gasteiger partial charge in [-0.25, -0.2) is 14.8 Å². The van der Waals surface area contributed by atoms with E-state index in [1.54, 1.807) is 14.0 Å². The van der Waals surface area contributed by atoms with Crippen LogP contribution in [0.2, 0.25) is 0 Å². The fourth-order valence-corrected chi connectivity index (χ4v) is 1.04. The second kappa shape index (κ2) is 4.66. The Labute approximate surface area is 82.1 Å². The molecule has 1 aromatic rings. The van der Waals surface area contributed by atoms with Gasteiger partial charge in [-0.15, -0.1) is 0 Å². The van der Waals surface area contributed by atoms with Crippen molar-refractivity contribution in [3.8, 4) is 0 Å². The minimum atomic E-state index is -0.447. The third kappa shape index (κ3) is 2.26. The molecule has 1 aromatic heterocycles. The van der Waals surface area contributed by atoms with Crippen LogP contribution in [-0.2, 0) is 16.1 Å². The molecule has 0 fully saturated rings. The standard InChI is InChI=1S/C9H12N2O3/c1-6-10-4-7(9(12)14-3)8(11-6)5-13-2/h4H,5H2,1-3H3. The van der Waals surface area contributed by atoms with Gasteiger partial charge in [-0.3, -0.25) is 0 Å². The molecule has 0 atom stereocenters. The summed E-state index contributed by atoms with van der Waals surface area (Å²) in [5, 5.41) is 0. The molecule has 1 rings (SSSR count). The number of aryl methyl sites for hydroxylation is 1. The van der Waals surface area contributed by atoms with Crippen LogP contribution in [0.4, 0.5) is 0 Å². The van der Waals surface area contributed by atoms with E-state index in [4.69, 9.17) is 4.74 Å². The maximum atomic E-state index is 11.3. The van der Waals surface area contributed by atoms with Crippen LogP contribution in [-0.4, -0.2) is 30.2 Å². The fourth-order valence-electron chi connectivity index (χ4n) is 1.04. The Morgan fingerprint density at radius 3 is 2.79 bits per heavy atom. The average Bonchev–Trinajstić information content (AvgIpc) is 2.17. The Morgan fingerprint density at radius 2 is 2.21 bits per heavy atom. The molecule has 0 bridgehead atoms. The first-order valence-corrected chi connectivity index (χ1v) is 4.08. The van der Waals surface area contributed by atoms with Crippen LogP contribution in [0.25, 0.3) is 0 Å². The lowest BCUT2D eigenvalue weighted by molar-refractivity contribution is 0.0594. The van der Waals surface area contributed by atoms with E-state index in [1.807, 2.05) is 0 Å². The van der Waals surface area contributed by atoms with Gasteiger partial charge in [-0.05, 0) is 6.92 Å². The van der Waals surface area contributed by atoms with Crippen molar-refractivity contribution in [2.45, 2.75) is 13.5 Å². The van der Waals surface area contributed by atoms with Crippen LogP contribution in [0.15, 0.2) is 6.20 Å². The van der Waals surface area contributed by atoms with E-state index >= 15 is 0 Å². The first kappa shape index (κ1) is 10.6. The lowest BCUT2D eigenvalue weighted by atomic mass is 10.2. The summed E-state index contributed by atoms with van der Waals surface area (Å²) in [6.45, 7) is 2.02. The van der Waals surface area contributed by atoms with E-state index in [2.05, 4.69) is 14.7 Å². The summed E-state index contributed by atoms with van der Waals surface area (Å²) in [4.78, 5) is 19.3. The van der Waals surface area contributed by atoms with Gasteiger partial charge in [0.2, 0.25) is 0 Å². The summed E-state index contributed by atoms with van der Waals surface area (Å²) < 4.78 is 9.51. The minimum absolute atomic E-state index is 0.272. The van der Waals surface area contributed by atoms with Crippen LogP contribution in [0.3, 0.4) is 0 Å². The summed E-state index contributed by atoms with van der Waals surface area (Å²) >= 11 is 0. The molecule has 0 aliphatic carbocycles. The van der Waals surface area contributed by atoms with Gasteiger partial charge in [-0.1, -0.05) is 0 Å². The molecule has 76 valence electrons. The lowest BCUT2D eigenvalue weighted by Gasteiger charge is -2.05. The van der Waals surface area contributed by atoms with Gasteiger partial charge in [0.05, 0.1) is 19.4 Å². The molecule has 0 saturated carbocycles. The fraction of sp³-hybridized carbons (Fsp3) is 0.444. The zero-order valence-corrected chi connectivity index (χ0v) is 8.40. The lowest BCUT2D eigenvalue weighted by Crippen LogP contribution is -2.10. The maximum absolute atomic E-state index is 11.3. The van der Waals surface area contributed by atoms with E-state index in [-0.39, 0.29) is 6.61 Å². The maximum Gasteiger partial charge on any atom is 0.341 e. The van der Waals surface area contributed by atoms with Crippen LogP contribution < -0.4 is 0 Å². The molecule has 0 N–H and O–H groups in total. The van der Waals surface area contributed by atoms with Crippen molar-refractivity contribution in [3.05, 3.63) is 23.3 Å². The molecule has 0 aromatic carbocycles. The Hall–Kier alpha value is -1.49. The van der Waals surface area contributed by atoms with E-state index in [0.29, 0.717) is 17.1 Å². The normalized spacial score (nSPS) is 9.93. The highest BCUT2D eigenvalue weighted by atomic mass is 16.5. The zero-order valence-electron chi connectivity index (χ0n) is 8.40. The van der Waals surface area contributed by atoms with E-state index < -0.39 is 5.97 Å². The SMILES string of the molecule is COCc1nc(C)ncc1C(=O)OC. The summed E-state index contributed by atoms with van der Waals surface area (Å²) in [6, 6.07) is 0. The minimum Gasteiger partial charge on any atom is -0.465 e. The predicted molar refractivity (Wildman–Crippen MR) is 48.8 cm³/mol. The molecule has 0 aliphatic rings. The molecule has 0 unspecified atom stereocenters. The molecule has 0 radical (unpaired) electrons. The van der Waals surface area contributed by atoms with Gasteiger partial charge in [-0.2, -0.15) is 0 Å². The summed E-state index contributed by atoms with van der Waals surface area (Å²) in [7, 11) is 2.86. The molecule has 5 nitrogen and oxygen atoms in total. The number of aromatic nitrogens is 2. The molecular formula is C9H12N2O3. The first-order valence-electron chi connectivity index (χ1n) is 4.08. The smallest absolute Gasteiger partial charge is 0.341 e. The van der Waals surface area contributed by atoms with Crippen molar-refractivity contribution < 1.29 is 14.3 Å². The van der Waals surface area contributed by atoms with Crippen molar-refractivity contribution in [1.29, 1.82) is 0 Å². The summed E-state index contributed by atoms with van der Waals surface area (Å²) in [5.41, 5.74) is 0.895. The van der Waals surface area contributed by atoms with Gasteiger partial charge in [0, 0.05) is 13.3 Å². The number of esters is 1. The average molecular weight is 196 g/mol. The van der Waals surface area contributed by atoms with Crippen LogP contribution in [0.5, 0.6) is 0 Å². The van der Waals surface area contributed by atoms with Crippen molar-refractivity contribution in [3.63, 3.8) is 0 Å². The topological polar surface area (TPSA) is 61.3 Å². The molecule has 0 saturated heterocycles. The van der Waals surface area contributed by atoms with Crippen molar-refractivity contribution in [1.82, 2.24) is 9.97 Å². The second-order valence-electron chi connectivity index (χ2n) is 2.70. The molecule has 0 amide bonds. The number of nitrogens with zero attached hydrogens (tertiary/aromatic N) is 2. The number of carbonyl (C=O) groups excluding carboxylic acids is 1. The van der Waals surface area contributed by atoms with Gasteiger partial charge in [0.15, 0.2) is 0 Å². The highest BCUT2D eigenvalue weighted by Crippen LogP contribution is 2.07. The Morgan fingerprint density at radius 1 is 1.50 bits per heavy atom. The molecule has 5 heteroatoms. The van der Waals surface area contributed by atoms with Crippen LogP contribution >= 0.6 is 0 Å². The summed E-state index contributed by atoms with van der Waals surface area (Å²) in [6.07, 6.45) is 1.45. The Balaban J connectivity index is 3.07. The number of rotatable bonds is 3. The molecule has 1 heterocycles. The number of hydrogen-bond acceptors (Lipinski definition) is 5. The number of methoxy groups -OCH3 is 2. The Kier molecular flexibility index (Phi) is 3.53. The second-order valence-corrected chi connectivity index (χ2v) is 2.70. The van der Waals surface area contributed by atoms with Crippen molar-refractivity contribution in [2.24, 2.45) is 0 Å². The molecule has 0 aliphatic heterocycles. The van der Waals surface area contributed by atoms with Crippen LogP contribution in [0.1, 0.15) is 21.9 Å². The highest BCUT2D eigenvalue weighted by Gasteiger charge is 2.13. The molecular weight excluding hydrogens is 184 g/mol. The monoisotopic (exact) mass is 196 g/mol. The number of hydrogen-bond donors (Lipinski definition) is 0. The van der Waals surface area contributed by atoms with Crippen molar-refractivity contribution >= 4 is 5.97 Å². The van der Waals surface area contributed by atoms with Gasteiger partial charge in [0.25, 0.3) is 0 Å². The number of ether oxygens (including phenoxy) is 2. The van der Waals surface area contributed by atoms with Gasteiger partial charge < -0.3 is 9.47 Å². The quantitative estimate of drug-likeness (QED) is 0.666. The van der Waals surface area contributed by atoms with Gasteiger partial charge in [0.1, 0.15) is 11.4 Å². The Bertz CT molecular complexity index is 339. The molecule has 14 heavy (non-hydrogen) atoms. The van der Waals surface area contributed by atoms with Crippen molar-refractivity contribution in [2.75, 3.05) is 14.2 Å². The first-order chi connectivity index (χ1) is 6.69. The van der Waals surface area contributed by atoms with E-state index in [1.165, 1.54) is 13.3 Å². The third-order valence-corrected chi connectivity index (χ3v) is 1.67. The highest BCUT2D eigenvalue weighted by molar-refractivity contribution is 5.90.